The third-order valence-electron chi connectivity index (χ3n) is 5.81. The first-order chi connectivity index (χ1) is 13.7. The van der Waals surface area contributed by atoms with Crippen molar-refractivity contribution < 1.29 is 4.74 Å². The molecule has 28 heavy (non-hydrogen) atoms. The Bertz CT molecular complexity index is 736. The van der Waals surface area contributed by atoms with E-state index in [4.69, 9.17) is 4.74 Å². The van der Waals surface area contributed by atoms with E-state index in [-0.39, 0.29) is 0 Å². The van der Waals surface area contributed by atoms with Crippen molar-refractivity contribution in [2.75, 3.05) is 27.3 Å². The number of guanidine groups is 1. The number of aromatic nitrogens is 2. The molecule has 2 aromatic rings. The molecule has 1 aromatic carbocycles. The average Bonchev–Trinajstić information content (AvgIpc) is 3.15. The first kappa shape index (κ1) is 20.4. The van der Waals surface area contributed by atoms with Gasteiger partial charge in [-0.25, -0.2) is 4.98 Å². The Kier molecular flexibility index (Phi) is 7.48. The normalized spacial score (nSPS) is 15.9. The van der Waals surface area contributed by atoms with Crippen molar-refractivity contribution >= 4 is 5.96 Å². The van der Waals surface area contributed by atoms with Gasteiger partial charge in [0.25, 0.3) is 0 Å². The molecule has 0 bridgehead atoms. The van der Waals surface area contributed by atoms with Gasteiger partial charge in [-0.05, 0) is 36.7 Å². The molecule has 0 radical (unpaired) electrons. The zero-order valence-corrected chi connectivity index (χ0v) is 17.2. The van der Waals surface area contributed by atoms with Crippen molar-refractivity contribution in [1.29, 1.82) is 0 Å². The number of hydrogen-bond acceptors (Lipinski definition) is 3. The van der Waals surface area contributed by atoms with Crippen LogP contribution in [-0.2, 0) is 24.2 Å². The van der Waals surface area contributed by atoms with Crippen LogP contribution in [0.25, 0.3) is 0 Å². The minimum Gasteiger partial charge on any atom is -0.385 e. The lowest BCUT2D eigenvalue weighted by atomic mass is 9.67. The van der Waals surface area contributed by atoms with Crippen molar-refractivity contribution in [3.63, 3.8) is 0 Å². The minimum absolute atomic E-state index is 0.363. The first-order valence-corrected chi connectivity index (χ1v) is 10.2. The van der Waals surface area contributed by atoms with Crippen LogP contribution < -0.4 is 10.6 Å². The number of hydrogen-bond donors (Lipinski definition) is 2. The molecule has 1 aliphatic rings. The molecule has 0 atom stereocenters. The van der Waals surface area contributed by atoms with Crippen LogP contribution in [0.2, 0.25) is 0 Å². The highest BCUT2D eigenvalue weighted by molar-refractivity contribution is 5.79. The number of methoxy groups -OCH3 is 1. The van der Waals surface area contributed by atoms with Gasteiger partial charge in [0.05, 0.1) is 6.54 Å². The van der Waals surface area contributed by atoms with Crippen LogP contribution in [0, 0.1) is 5.41 Å². The topological polar surface area (TPSA) is 63.5 Å². The van der Waals surface area contributed by atoms with Crippen molar-refractivity contribution in [3.05, 3.63) is 54.1 Å². The van der Waals surface area contributed by atoms with E-state index in [1.54, 1.807) is 7.11 Å². The van der Waals surface area contributed by atoms with Crippen LogP contribution in [0.4, 0.5) is 0 Å². The summed E-state index contributed by atoms with van der Waals surface area (Å²) < 4.78 is 7.49. The molecule has 1 fully saturated rings. The molecule has 1 aromatic heterocycles. The molecule has 1 aliphatic carbocycles. The fraction of sp³-hybridized carbons (Fsp3) is 0.545. The highest BCUT2D eigenvalue weighted by Crippen LogP contribution is 2.43. The Hall–Kier alpha value is -2.34. The van der Waals surface area contributed by atoms with Gasteiger partial charge in [-0.2, -0.15) is 0 Å². The number of aryl methyl sites for hydroxylation is 2. The molecule has 0 amide bonds. The predicted octanol–water partition coefficient (Wildman–Crippen LogP) is 3.00. The lowest BCUT2D eigenvalue weighted by Crippen LogP contribution is -2.46. The van der Waals surface area contributed by atoms with Gasteiger partial charge in [-0.1, -0.05) is 36.8 Å². The summed E-state index contributed by atoms with van der Waals surface area (Å²) >= 11 is 0. The lowest BCUT2D eigenvalue weighted by molar-refractivity contribution is 0.0732. The van der Waals surface area contributed by atoms with Crippen LogP contribution in [0.3, 0.4) is 0 Å². The molecule has 6 heteroatoms. The summed E-state index contributed by atoms with van der Waals surface area (Å²) in [5, 5.41) is 6.92. The molecule has 1 saturated carbocycles. The number of rotatable bonds is 10. The minimum atomic E-state index is 0.363. The van der Waals surface area contributed by atoms with Gasteiger partial charge in [0, 0.05) is 46.2 Å². The van der Waals surface area contributed by atoms with E-state index in [9.17, 15) is 0 Å². The van der Waals surface area contributed by atoms with E-state index in [1.807, 2.05) is 19.4 Å². The van der Waals surface area contributed by atoms with E-state index in [2.05, 4.69) is 55.5 Å². The van der Waals surface area contributed by atoms with E-state index < -0.39 is 0 Å². The molecule has 2 N–H and O–H groups in total. The number of ether oxygens (including phenoxy) is 1. The molecular weight excluding hydrogens is 350 g/mol. The number of aliphatic imine (C=N–C) groups is 1. The quantitative estimate of drug-likeness (QED) is 0.489. The summed E-state index contributed by atoms with van der Waals surface area (Å²) in [6.07, 6.45) is 9.87. The van der Waals surface area contributed by atoms with E-state index in [0.717, 1.165) is 44.3 Å². The summed E-state index contributed by atoms with van der Waals surface area (Å²) in [6.45, 7) is 3.35. The molecule has 0 unspecified atom stereocenters. The summed E-state index contributed by atoms with van der Waals surface area (Å²) in [5.41, 5.74) is 1.70. The fourth-order valence-corrected chi connectivity index (χ4v) is 3.77. The summed E-state index contributed by atoms with van der Waals surface area (Å²) in [5.74, 6) is 1.86. The summed E-state index contributed by atoms with van der Waals surface area (Å²) in [4.78, 5) is 8.89. The Labute approximate surface area is 168 Å². The van der Waals surface area contributed by atoms with Crippen LogP contribution in [-0.4, -0.2) is 42.8 Å². The smallest absolute Gasteiger partial charge is 0.191 e. The van der Waals surface area contributed by atoms with Crippen molar-refractivity contribution in [3.8, 4) is 0 Å². The molecule has 1 heterocycles. The van der Waals surface area contributed by atoms with Gasteiger partial charge in [0.1, 0.15) is 5.82 Å². The third kappa shape index (κ3) is 5.58. The number of nitrogens with zero attached hydrogens (tertiary/aromatic N) is 3. The molecule has 0 saturated heterocycles. The molecule has 0 aliphatic heterocycles. The van der Waals surface area contributed by atoms with Crippen LogP contribution in [0.5, 0.6) is 0 Å². The number of benzene rings is 1. The second-order valence-corrected chi connectivity index (χ2v) is 7.65. The summed E-state index contributed by atoms with van der Waals surface area (Å²) in [7, 11) is 3.60. The van der Waals surface area contributed by atoms with Gasteiger partial charge in [0.2, 0.25) is 0 Å². The van der Waals surface area contributed by atoms with Crippen LogP contribution >= 0.6 is 0 Å². The van der Waals surface area contributed by atoms with E-state index in [1.165, 1.54) is 24.8 Å². The largest absolute Gasteiger partial charge is 0.385 e. The van der Waals surface area contributed by atoms with Crippen molar-refractivity contribution in [2.24, 2.45) is 10.4 Å². The maximum atomic E-state index is 5.29. The Morgan fingerprint density at radius 1 is 1.25 bits per heavy atom. The number of imidazole rings is 1. The molecular formula is C22H33N5O. The van der Waals surface area contributed by atoms with Gasteiger partial charge in [-0.3, -0.25) is 4.99 Å². The molecule has 6 nitrogen and oxygen atoms in total. The Morgan fingerprint density at radius 2 is 2.07 bits per heavy atom. The second-order valence-electron chi connectivity index (χ2n) is 7.65. The van der Waals surface area contributed by atoms with Gasteiger partial charge < -0.3 is 19.9 Å². The van der Waals surface area contributed by atoms with E-state index >= 15 is 0 Å². The highest BCUT2D eigenvalue weighted by atomic mass is 16.5. The van der Waals surface area contributed by atoms with Crippen LogP contribution in [0.1, 0.15) is 37.1 Å². The predicted molar refractivity (Wildman–Crippen MR) is 113 cm³/mol. The zero-order chi connectivity index (χ0) is 19.7. The first-order valence-electron chi connectivity index (χ1n) is 10.2. The van der Waals surface area contributed by atoms with Crippen LogP contribution in [0.15, 0.2) is 47.7 Å². The summed E-state index contributed by atoms with van der Waals surface area (Å²) in [6, 6.07) is 10.6. The monoisotopic (exact) mass is 383 g/mol. The molecule has 3 rings (SSSR count). The maximum Gasteiger partial charge on any atom is 0.191 e. The van der Waals surface area contributed by atoms with Gasteiger partial charge >= 0.3 is 0 Å². The third-order valence-corrected chi connectivity index (χ3v) is 5.81. The molecule has 152 valence electrons. The Morgan fingerprint density at radius 3 is 2.75 bits per heavy atom. The average molecular weight is 384 g/mol. The van der Waals surface area contributed by atoms with E-state index in [0.29, 0.717) is 12.0 Å². The SMILES string of the molecule is CN=C(NCc1nccn1CCc1ccccc1)NCC1(CCOC)CCC1. The highest BCUT2D eigenvalue weighted by Gasteiger charge is 2.36. The maximum absolute atomic E-state index is 5.29. The second kappa shape index (κ2) is 10.3. The van der Waals surface area contributed by atoms with Gasteiger partial charge in [0.15, 0.2) is 5.96 Å². The number of nitrogens with one attached hydrogen (secondary N) is 2. The molecule has 0 spiro atoms. The van der Waals surface area contributed by atoms with Gasteiger partial charge in [-0.15, -0.1) is 0 Å². The zero-order valence-electron chi connectivity index (χ0n) is 17.2. The standard InChI is InChI=1S/C22H33N5O/c1-23-21(26-18-22(10-6-11-22)12-16-28-2)25-17-20-24-13-15-27(20)14-9-19-7-4-3-5-8-19/h3-5,7-8,13,15H,6,9-12,14,16-18H2,1-2H3,(H2,23,25,26). The van der Waals surface area contributed by atoms with Crippen molar-refractivity contribution in [1.82, 2.24) is 20.2 Å². The van der Waals surface area contributed by atoms with Crippen molar-refractivity contribution in [2.45, 2.75) is 45.2 Å². The Balaban J connectivity index is 1.47. The lowest BCUT2D eigenvalue weighted by Gasteiger charge is -2.42. The fourth-order valence-electron chi connectivity index (χ4n) is 3.77.